The van der Waals surface area contributed by atoms with Crippen LogP contribution in [0.25, 0.3) is 0 Å². The summed E-state index contributed by atoms with van der Waals surface area (Å²) in [6.07, 6.45) is 2.63. The van der Waals surface area contributed by atoms with Crippen LogP contribution in [0, 0.1) is 0 Å². The summed E-state index contributed by atoms with van der Waals surface area (Å²) in [5.41, 5.74) is 3.77. The van der Waals surface area contributed by atoms with Crippen LogP contribution in [0.4, 0.5) is 5.69 Å². The van der Waals surface area contributed by atoms with Gasteiger partial charge in [-0.3, -0.25) is 0 Å². The van der Waals surface area contributed by atoms with Crippen molar-refractivity contribution in [3.05, 3.63) is 64.7 Å². The Morgan fingerprint density at radius 2 is 1.71 bits per heavy atom. The number of benzene rings is 2. The van der Waals surface area contributed by atoms with Crippen LogP contribution in [0.2, 0.25) is 5.02 Å². The molecule has 2 aromatic carbocycles. The smallest absolute Gasteiger partial charge is 0.0455 e. The fourth-order valence-corrected chi connectivity index (χ4v) is 2.74. The Balaban J connectivity index is 1.74. The summed E-state index contributed by atoms with van der Waals surface area (Å²) in [5, 5.41) is 4.42. The Labute approximate surface area is 131 Å². The molecule has 110 valence electrons. The standard InChI is InChI=1S/C18H21ClN2/c1-21(13-15-7-2-4-8-17(15)19)18-9-5-3-6-14(18)12-20-16-10-11-16/h2-9,16,20H,10-13H2,1H3. The molecule has 0 aliphatic heterocycles. The van der Waals surface area contributed by atoms with Gasteiger partial charge >= 0.3 is 0 Å². The molecule has 0 radical (unpaired) electrons. The number of rotatable bonds is 6. The van der Waals surface area contributed by atoms with Gasteiger partial charge in [-0.15, -0.1) is 0 Å². The molecule has 3 heteroatoms. The Morgan fingerprint density at radius 1 is 1.05 bits per heavy atom. The summed E-state index contributed by atoms with van der Waals surface area (Å²) < 4.78 is 0. The fraction of sp³-hybridized carbons (Fsp3) is 0.333. The first-order valence-corrected chi connectivity index (χ1v) is 7.87. The van der Waals surface area contributed by atoms with Crippen LogP contribution in [-0.2, 0) is 13.1 Å². The average molecular weight is 301 g/mol. The van der Waals surface area contributed by atoms with Gasteiger partial charge in [-0.05, 0) is 36.1 Å². The van der Waals surface area contributed by atoms with Crippen LogP contribution in [0.3, 0.4) is 0 Å². The van der Waals surface area contributed by atoms with Crippen LogP contribution in [-0.4, -0.2) is 13.1 Å². The van der Waals surface area contributed by atoms with E-state index in [0.717, 1.165) is 29.7 Å². The minimum absolute atomic E-state index is 0.729. The lowest BCUT2D eigenvalue weighted by atomic mass is 10.1. The van der Waals surface area contributed by atoms with Crippen LogP contribution < -0.4 is 10.2 Å². The van der Waals surface area contributed by atoms with E-state index < -0.39 is 0 Å². The van der Waals surface area contributed by atoms with E-state index in [9.17, 15) is 0 Å². The van der Waals surface area contributed by atoms with Gasteiger partial charge in [0.05, 0.1) is 0 Å². The van der Waals surface area contributed by atoms with Crippen molar-refractivity contribution in [2.75, 3.05) is 11.9 Å². The van der Waals surface area contributed by atoms with E-state index in [1.807, 2.05) is 18.2 Å². The lowest BCUT2D eigenvalue weighted by Crippen LogP contribution is -2.21. The van der Waals surface area contributed by atoms with Gasteiger partial charge in [0.2, 0.25) is 0 Å². The van der Waals surface area contributed by atoms with Crippen molar-refractivity contribution in [2.24, 2.45) is 0 Å². The average Bonchev–Trinajstić information content (AvgIpc) is 3.32. The number of para-hydroxylation sites is 1. The zero-order valence-corrected chi connectivity index (χ0v) is 13.1. The van der Waals surface area contributed by atoms with E-state index in [1.54, 1.807) is 0 Å². The molecule has 0 amide bonds. The van der Waals surface area contributed by atoms with E-state index in [4.69, 9.17) is 11.6 Å². The summed E-state index contributed by atoms with van der Waals surface area (Å²) >= 11 is 6.27. The summed E-state index contributed by atoms with van der Waals surface area (Å²) in [7, 11) is 2.12. The quantitative estimate of drug-likeness (QED) is 0.859. The molecule has 2 nitrogen and oxygen atoms in total. The highest BCUT2D eigenvalue weighted by Gasteiger charge is 2.20. The van der Waals surface area contributed by atoms with Crippen LogP contribution in [0.5, 0.6) is 0 Å². The molecule has 1 fully saturated rings. The zero-order valence-electron chi connectivity index (χ0n) is 12.3. The highest BCUT2D eigenvalue weighted by atomic mass is 35.5. The molecule has 1 aliphatic carbocycles. The van der Waals surface area contributed by atoms with Gasteiger partial charge in [0, 0.05) is 36.9 Å². The molecule has 0 spiro atoms. The molecule has 0 bridgehead atoms. The molecule has 0 aromatic heterocycles. The molecular formula is C18H21ClN2. The number of halogens is 1. The van der Waals surface area contributed by atoms with Crippen molar-refractivity contribution in [2.45, 2.75) is 32.0 Å². The van der Waals surface area contributed by atoms with Gasteiger partial charge in [0.15, 0.2) is 0 Å². The summed E-state index contributed by atoms with van der Waals surface area (Å²) in [6.45, 7) is 1.76. The van der Waals surface area contributed by atoms with Crippen molar-refractivity contribution < 1.29 is 0 Å². The molecule has 0 heterocycles. The third kappa shape index (κ3) is 3.78. The minimum Gasteiger partial charge on any atom is -0.370 e. The van der Waals surface area contributed by atoms with Crippen LogP contribution in [0.1, 0.15) is 24.0 Å². The first-order valence-electron chi connectivity index (χ1n) is 7.50. The highest BCUT2D eigenvalue weighted by molar-refractivity contribution is 6.31. The molecular weight excluding hydrogens is 280 g/mol. The number of hydrogen-bond donors (Lipinski definition) is 1. The summed E-state index contributed by atoms with van der Waals surface area (Å²) in [6, 6.07) is 17.4. The van der Waals surface area contributed by atoms with E-state index in [-0.39, 0.29) is 0 Å². The van der Waals surface area contributed by atoms with Crippen molar-refractivity contribution in [3.63, 3.8) is 0 Å². The van der Waals surface area contributed by atoms with Crippen molar-refractivity contribution in [1.82, 2.24) is 5.32 Å². The Bertz CT molecular complexity index is 608. The number of hydrogen-bond acceptors (Lipinski definition) is 2. The fourth-order valence-electron chi connectivity index (χ4n) is 2.54. The third-order valence-electron chi connectivity index (χ3n) is 3.93. The van der Waals surface area contributed by atoms with E-state index in [1.165, 1.54) is 24.1 Å². The molecule has 21 heavy (non-hydrogen) atoms. The lowest BCUT2D eigenvalue weighted by Gasteiger charge is -2.23. The largest absolute Gasteiger partial charge is 0.370 e. The molecule has 0 saturated heterocycles. The number of nitrogens with zero attached hydrogens (tertiary/aromatic N) is 1. The van der Waals surface area contributed by atoms with Gasteiger partial charge in [-0.25, -0.2) is 0 Å². The van der Waals surface area contributed by atoms with Gasteiger partial charge in [-0.1, -0.05) is 48.0 Å². The Morgan fingerprint density at radius 3 is 2.43 bits per heavy atom. The second-order valence-corrected chi connectivity index (χ2v) is 6.14. The van der Waals surface area contributed by atoms with Crippen molar-refractivity contribution in [1.29, 1.82) is 0 Å². The molecule has 1 N–H and O–H groups in total. The van der Waals surface area contributed by atoms with Crippen LogP contribution >= 0.6 is 11.6 Å². The Kier molecular flexibility index (Phi) is 4.47. The van der Waals surface area contributed by atoms with Crippen LogP contribution in [0.15, 0.2) is 48.5 Å². The maximum atomic E-state index is 6.27. The van der Waals surface area contributed by atoms with E-state index in [0.29, 0.717) is 0 Å². The van der Waals surface area contributed by atoms with Gasteiger partial charge < -0.3 is 10.2 Å². The summed E-state index contributed by atoms with van der Waals surface area (Å²) in [4.78, 5) is 2.27. The number of nitrogens with one attached hydrogen (secondary N) is 1. The first-order chi connectivity index (χ1) is 10.2. The molecule has 0 atom stereocenters. The molecule has 1 aliphatic rings. The Hall–Kier alpha value is -1.51. The van der Waals surface area contributed by atoms with E-state index in [2.05, 4.69) is 47.6 Å². The van der Waals surface area contributed by atoms with Gasteiger partial charge in [0.1, 0.15) is 0 Å². The monoisotopic (exact) mass is 300 g/mol. The maximum Gasteiger partial charge on any atom is 0.0455 e. The SMILES string of the molecule is CN(Cc1ccccc1Cl)c1ccccc1CNC1CC1. The normalized spacial score (nSPS) is 14.2. The van der Waals surface area contributed by atoms with Gasteiger partial charge in [0.25, 0.3) is 0 Å². The topological polar surface area (TPSA) is 15.3 Å². The van der Waals surface area contributed by atoms with Crippen molar-refractivity contribution >= 4 is 17.3 Å². The molecule has 3 rings (SSSR count). The molecule has 1 saturated carbocycles. The first kappa shape index (κ1) is 14.4. The number of anilines is 1. The van der Waals surface area contributed by atoms with E-state index >= 15 is 0 Å². The maximum absolute atomic E-state index is 6.27. The summed E-state index contributed by atoms with van der Waals surface area (Å²) in [5.74, 6) is 0. The highest BCUT2D eigenvalue weighted by Crippen LogP contribution is 2.25. The second-order valence-electron chi connectivity index (χ2n) is 5.73. The van der Waals surface area contributed by atoms with Crippen molar-refractivity contribution in [3.8, 4) is 0 Å². The molecule has 2 aromatic rings. The third-order valence-corrected chi connectivity index (χ3v) is 4.30. The predicted octanol–water partition coefficient (Wildman–Crippen LogP) is 4.23. The second kappa shape index (κ2) is 6.50. The minimum atomic E-state index is 0.729. The van der Waals surface area contributed by atoms with Gasteiger partial charge in [-0.2, -0.15) is 0 Å². The molecule has 0 unspecified atom stereocenters. The zero-order chi connectivity index (χ0) is 14.7. The lowest BCUT2D eigenvalue weighted by molar-refractivity contribution is 0.685. The predicted molar refractivity (Wildman–Crippen MR) is 89.9 cm³/mol.